The van der Waals surface area contributed by atoms with Gasteiger partial charge in [0.05, 0.1) is 17.9 Å². The van der Waals surface area contributed by atoms with Gasteiger partial charge in [-0.3, -0.25) is 4.79 Å². The standard InChI is InChI=1S/C17H16FNO4/c1-2-22-15-6-4-3-5-14(15)19-16(20)11-23-17(21)12-7-9-13(18)10-8-12/h3-10H,2,11H2,1H3,(H,19,20). The number of halogens is 1. The molecule has 2 rings (SSSR count). The van der Waals surface area contributed by atoms with E-state index in [1.54, 1.807) is 24.3 Å². The van der Waals surface area contributed by atoms with Crippen LogP contribution in [0.4, 0.5) is 10.1 Å². The van der Waals surface area contributed by atoms with Crippen LogP contribution in [0.3, 0.4) is 0 Å². The molecule has 5 nitrogen and oxygen atoms in total. The molecule has 0 spiro atoms. The van der Waals surface area contributed by atoms with E-state index in [2.05, 4.69) is 5.32 Å². The molecule has 0 unspecified atom stereocenters. The molecule has 2 aromatic carbocycles. The molecule has 1 amide bonds. The van der Waals surface area contributed by atoms with Crippen molar-refractivity contribution in [2.45, 2.75) is 6.92 Å². The quantitative estimate of drug-likeness (QED) is 0.832. The molecule has 120 valence electrons. The smallest absolute Gasteiger partial charge is 0.338 e. The Labute approximate surface area is 133 Å². The van der Waals surface area contributed by atoms with Crippen molar-refractivity contribution in [2.24, 2.45) is 0 Å². The van der Waals surface area contributed by atoms with E-state index in [0.29, 0.717) is 18.0 Å². The van der Waals surface area contributed by atoms with Crippen LogP contribution in [0.25, 0.3) is 0 Å². The maximum atomic E-state index is 12.8. The van der Waals surface area contributed by atoms with Crippen molar-refractivity contribution < 1.29 is 23.5 Å². The van der Waals surface area contributed by atoms with Crippen molar-refractivity contribution in [3.05, 3.63) is 59.9 Å². The van der Waals surface area contributed by atoms with Crippen LogP contribution in [-0.2, 0) is 9.53 Å². The third-order valence-electron chi connectivity index (χ3n) is 2.88. The Morgan fingerprint density at radius 1 is 1.09 bits per heavy atom. The Morgan fingerprint density at radius 3 is 2.48 bits per heavy atom. The monoisotopic (exact) mass is 317 g/mol. The van der Waals surface area contributed by atoms with Gasteiger partial charge < -0.3 is 14.8 Å². The molecule has 2 aromatic rings. The number of hydrogen-bond acceptors (Lipinski definition) is 4. The Morgan fingerprint density at radius 2 is 1.78 bits per heavy atom. The topological polar surface area (TPSA) is 64.6 Å². The molecule has 0 bridgehead atoms. The first-order valence-electron chi connectivity index (χ1n) is 7.04. The molecule has 0 atom stereocenters. The van der Waals surface area contributed by atoms with Crippen LogP contribution >= 0.6 is 0 Å². The normalized spacial score (nSPS) is 10.0. The van der Waals surface area contributed by atoms with Crippen LogP contribution < -0.4 is 10.1 Å². The second-order valence-electron chi connectivity index (χ2n) is 4.56. The highest BCUT2D eigenvalue weighted by molar-refractivity contribution is 5.96. The van der Waals surface area contributed by atoms with Crippen LogP contribution in [-0.4, -0.2) is 25.1 Å². The van der Waals surface area contributed by atoms with E-state index in [1.807, 2.05) is 6.92 Å². The predicted molar refractivity (Wildman–Crippen MR) is 82.9 cm³/mol. The lowest BCUT2D eigenvalue weighted by molar-refractivity contribution is -0.119. The number of anilines is 1. The van der Waals surface area contributed by atoms with Crippen molar-refractivity contribution >= 4 is 17.6 Å². The number of hydrogen-bond donors (Lipinski definition) is 1. The summed E-state index contributed by atoms with van der Waals surface area (Å²) in [5.41, 5.74) is 0.672. The van der Waals surface area contributed by atoms with Crippen molar-refractivity contribution in [1.29, 1.82) is 0 Å². The van der Waals surface area contributed by atoms with E-state index in [-0.39, 0.29) is 5.56 Å². The van der Waals surface area contributed by atoms with Crippen LogP contribution in [0.15, 0.2) is 48.5 Å². The van der Waals surface area contributed by atoms with E-state index in [0.717, 1.165) is 12.1 Å². The first-order chi connectivity index (χ1) is 11.1. The number of carbonyl (C=O) groups is 2. The van der Waals surface area contributed by atoms with Gasteiger partial charge in [0, 0.05) is 0 Å². The molecule has 0 saturated carbocycles. The zero-order valence-corrected chi connectivity index (χ0v) is 12.5. The van der Waals surface area contributed by atoms with Gasteiger partial charge in [0.2, 0.25) is 0 Å². The first kappa shape index (κ1) is 16.5. The van der Waals surface area contributed by atoms with Gasteiger partial charge in [-0.2, -0.15) is 0 Å². The lowest BCUT2D eigenvalue weighted by Crippen LogP contribution is -2.21. The third-order valence-corrected chi connectivity index (χ3v) is 2.88. The van der Waals surface area contributed by atoms with Gasteiger partial charge in [0.15, 0.2) is 6.61 Å². The van der Waals surface area contributed by atoms with E-state index in [4.69, 9.17) is 9.47 Å². The van der Waals surface area contributed by atoms with Gasteiger partial charge in [0.1, 0.15) is 11.6 Å². The van der Waals surface area contributed by atoms with E-state index in [9.17, 15) is 14.0 Å². The molecule has 0 saturated heterocycles. The van der Waals surface area contributed by atoms with Crippen molar-refractivity contribution in [2.75, 3.05) is 18.5 Å². The Bertz CT molecular complexity index is 685. The van der Waals surface area contributed by atoms with Gasteiger partial charge in [-0.15, -0.1) is 0 Å². The minimum atomic E-state index is -0.696. The number of rotatable bonds is 6. The number of benzene rings is 2. The molecule has 0 heterocycles. The maximum Gasteiger partial charge on any atom is 0.338 e. The van der Waals surface area contributed by atoms with Gasteiger partial charge >= 0.3 is 5.97 Å². The molecule has 0 aliphatic heterocycles. The molecule has 1 N–H and O–H groups in total. The highest BCUT2D eigenvalue weighted by Crippen LogP contribution is 2.23. The number of amides is 1. The van der Waals surface area contributed by atoms with E-state index < -0.39 is 24.3 Å². The highest BCUT2D eigenvalue weighted by atomic mass is 19.1. The second kappa shape index (κ2) is 7.93. The number of nitrogens with one attached hydrogen (secondary N) is 1. The second-order valence-corrected chi connectivity index (χ2v) is 4.56. The summed E-state index contributed by atoms with van der Waals surface area (Å²) in [5.74, 6) is -1.11. The summed E-state index contributed by atoms with van der Waals surface area (Å²) < 4.78 is 23.1. The van der Waals surface area contributed by atoms with Crippen LogP contribution in [0, 0.1) is 5.82 Å². The summed E-state index contributed by atoms with van der Waals surface area (Å²) >= 11 is 0. The Balaban J connectivity index is 1.90. The number of para-hydroxylation sites is 2. The van der Waals surface area contributed by atoms with E-state index in [1.165, 1.54) is 12.1 Å². The largest absolute Gasteiger partial charge is 0.492 e. The zero-order chi connectivity index (χ0) is 16.7. The van der Waals surface area contributed by atoms with Crippen molar-refractivity contribution in [3.63, 3.8) is 0 Å². The summed E-state index contributed by atoms with van der Waals surface area (Å²) in [6, 6.07) is 11.8. The SMILES string of the molecule is CCOc1ccccc1NC(=O)COC(=O)c1ccc(F)cc1. The molecule has 23 heavy (non-hydrogen) atoms. The maximum absolute atomic E-state index is 12.8. The number of carbonyl (C=O) groups excluding carboxylic acids is 2. The van der Waals surface area contributed by atoms with Gasteiger partial charge in [-0.1, -0.05) is 12.1 Å². The molecule has 0 aromatic heterocycles. The molecule has 6 heteroatoms. The Hall–Kier alpha value is -2.89. The average molecular weight is 317 g/mol. The fourth-order valence-corrected chi connectivity index (χ4v) is 1.84. The summed E-state index contributed by atoms with van der Waals surface area (Å²) in [4.78, 5) is 23.6. The van der Waals surface area contributed by atoms with Crippen LogP contribution in [0.1, 0.15) is 17.3 Å². The molecular weight excluding hydrogens is 301 g/mol. The highest BCUT2D eigenvalue weighted by Gasteiger charge is 2.12. The average Bonchev–Trinajstić information content (AvgIpc) is 2.55. The number of esters is 1. The van der Waals surface area contributed by atoms with Crippen LogP contribution in [0.2, 0.25) is 0 Å². The van der Waals surface area contributed by atoms with Gasteiger partial charge in [-0.05, 0) is 43.3 Å². The summed E-state index contributed by atoms with van der Waals surface area (Å²) in [6.45, 7) is 1.85. The van der Waals surface area contributed by atoms with Gasteiger partial charge in [0.25, 0.3) is 5.91 Å². The molecule has 0 aliphatic rings. The minimum absolute atomic E-state index is 0.175. The van der Waals surface area contributed by atoms with E-state index >= 15 is 0 Å². The summed E-state index contributed by atoms with van der Waals surface area (Å²) in [5, 5.41) is 2.61. The minimum Gasteiger partial charge on any atom is -0.492 e. The molecular formula is C17H16FNO4. The Kier molecular flexibility index (Phi) is 5.68. The lowest BCUT2D eigenvalue weighted by atomic mass is 10.2. The molecule has 0 aliphatic carbocycles. The molecule has 0 radical (unpaired) electrons. The fourth-order valence-electron chi connectivity index (χ4n) is 1.84. The fraction of sp³-hybridized carbons (Fsp3) is 0.176. The number of ether oxygens (including phenoxy) is 2. The zero-order valence-electron chi connectivity index (χ0n) is 12.5. The predicted octanol–water partition coefficient (Wildman–Crippen LogP) is 3.02. The molecule has 0 fully saturated rings. The van der Waals surface area contributed by atoms with Gasteiger partial charge in [-0.25, -0.2) is 9.18 Å². The third kappa shape index (κ3) is 4.81. The summed E-state index contributed by atoms with van der Waals surface area (Å²) in [7, 11) is 0. The first-order valence-corrected chi connectivity index (χ1v) is 7.04. The van der Waals surface area contributed by atoms with Crippen molar-refractivity contribution in [1.82, 2.24) is 0 Å². The van der Waals surface area contributed by atoms with Crippen LogP contribution in [0.5, 0.6) is 5.75 Å². The summed E-state index contributed by atoms with van der Waals surface area (Å²) in [6.07, 6.45) is 0. The van der Waals surface area contributed by atoms with Crippen molar-refractivity contribution in [3.8, 4) is 5.75 Å². The lowest BCUT2D eigenvalue weighted by Gasteiger charge is -2.11.